The van der Waals surface area contributed by atoms with Crippen LogP contribution in [-0.4, -0.2) is 65.0 Å². The summed E-state index contributed by atoms with van der Waals surface area (Å²) in [7, 11) is -0.434. The molecule has 0 aliphatic carbocycles. The van der Waals surface area contributed by atoms with Gasteiger partial charge in [0.05, 0.1) is 28.9 Å². The summed E-state index contributed by atoms with van der Waals surface area (Å²) in [6, 6.07) is 6.32. The Bertz CT molecular complexity index is 605. The van der Waals surface area contributed by atoms with Crippen molar-refractivity contribution in [3.63, 3.8) is 0 Å². The summed E-state index contributed by atoms with van der Waals surface area (Å²) in [6.07, 6.45) is 0. The highest BCUT2D eigenvalue weighted by atomic mass is 32.2. The minimum atomic E-state index is -3.54. The molecule has 1 rings (SSSR count). The van der Waals surface area contributed by atoms with Gasteiger partial charge in [0.25, 0.3) is 5.91 Å². The highest BCUT2D eigenvalue weighted by Crippen LogP contribution is 2.22. The summed E-state index contributed by atoms with van der Waals surface area (Å²) >= 11 is 0. The maximum absolute atomic E-state index is 12.8. The summed E-state index contributed by atoms with van der Waals surface area (Å²) in [6.45, 7) is 4.68. The maximum Gasteiger partial charge on any atom is 0.255 e. The number of nitrogens with zero attached hydrogens (tertiary/aromatic N) is 1. The molecule has 0 unspecified atom stereocenters. The van der Waals surface area contributed by atoms with Gasteiger partial charge in [0.1, 0.15) is 0 Å². The van der Waals surface area contributed by atoms with Crippen molar-refractivity contribution >= 4 is 15.7 Å². The second-order valence-corrected chi connectivity index (χ2v) is 7.84. The zero-order chi connectivity index (χ0) is 17.5. The molecule has 7 heteroatoms. The first-order valence-corrected chi connectivity index (χ1v) is 9.01. The summed E-state index contributed by atoms with van der Waals surface area (Å²) in [5.41, 5.74) is 0.188. The molecule has 0 fully saturated rings. The van der Waals surface area contributed by atoms with Gasteiger partial charge in [0, 0.05) is 27.3 Å². The van der Waals surface area contributed by atoms with Gasteiger partial charge in [-0.2, -0.15) is 0 Å². The maximum atomic E-state index is 12.8. The van der Waals surface area contributed by atoms with Gasteiger partial charge in [0.2, 0.25) is 0 Å². The first-order valence-electron chi connectivity index (χ1n) is 7.46. The molecule has 0 radical (unpaired) electrons. The van der Waals surface area contributed by atoms with Gasteiger partial charge in [-0.3, -0.25) is 4.79 Å². The second kappa shape index (κ2) is 9.00. The van der Waals surface area contributed by atoms with Gasteiger partial charge >= 0.3 is 0 Å². The predicted molar refractivity (Wildman–Crippen MR) is 88.4 cm³/mol. The zero-order valence-corrected chi connectivity index (χ0v) is 14.9. The molecule has 0 aliphatic rings. The highest BCUT2D eigenvalue weighted by molar-refractivity contribution is 7.92. The Labute approximate surface area is 138 Å². The number of rotatable bonds is 9. The van der Waals surface area contributed by atoms with Crippen molar-refractivity contribution in [3.05, 3.63) is 29.8 Å². The van der Waals surface area contributed by atoms with Crippen molar-refractivity contribution in [2.75, 3.05) is 40.5 Å². The molecule has 0 N–H and O–H groups in total. The SMILES string of the molecule is COCCN(CCOC)C(=O)c1ccccc1S(=O)(=O)C(C)C. The van der Waals surface area contributed by atoms with E-state index in [1.54, 1.807) is 51.2 Å². The molecular weight excluding hydrogens is 318 g/mol. The molecule has 0 atom stereocenters. The molecule has 23 heavy (non-hydrogen) atoms. The van der Waals surface area contributed by atoms with E-state index in [1.807, 2.05) is 0 Å². The van der Waals surface area contributed by atoms with Crippen LogP contribution in [0.3, 0.4) is 0 Å². The molecule has 1 amide bonds. The van der Waals surface area contributed by atoms with Crippen molar-refractivity contribution in [1.82, 2.24) is 4.90 Å². The standard InChI is InChI=1S/C16H25NO5S/c1-13(2)23(19,20)15-8-6-5-7-14(15)16(18)17(9-11-21-3)10-12-22-4/h5-8,13H,9-12H2,1-4H3. The molecule has 0 heterocycles. The third-order valence-corrected chi connectivity index (χ3v) is 5.67. The first-order chi connectivity index (χ1) is 10.9. The monoisotopic (exact) mass is 343 g/mol. The van der Waals surface area contributed by atoms with E-state index in [0.29, 0.717) is 26.3 Å². The van der Waals surface area contributed by atoms with Crippen LogP contribution in [0.25, 0.3) is 0 Å². The van der Waals surface area contributed by atoms with Crippen LogP contribution in [0.1, 0.15) is 24.2 Å². The van der Waals surface area contributed by atoms with Gasteiger partial charge in [0.15, 0.2) is 9.84 Å². The van der Waals surface area contributed by atoms with Crippen molar-refractivity contribution in [1.29, 1.82) is 0 Å². The molecule has 0 bridgehead atoms. The van der Waals surface area contributed by atoms with E-state index in [-0.39, 0.29) is 16.4 Å². The van der Waals surface area contributed by atoms with Gasteiger partial charge in [-0.25, -0.2) is 8.42 Å². The van der Waals surface area contributed by atoms with Crippen molar-refractivity contribution < 1.29 is 22.7 Å². The number of hydrogen-bond donors (Lipinski definition) is 0. The number of hydrogen-bond acceptors (Lipinski definition) is 5. The number of benzene rings is 1. The third-order valence-electron chi connectivity index (χ3n) is 3.46. The Kier molecular flexibility index (Phi) is 7.67. The lowest BCUT2D eigenvalue weighted by molar-refractivity contribution is 0.0623. The zero-order valence-electron chi connectivity index (χ0n) is 14.1. The van der Waals surface area contributed by atoms with Crippen molar-refractivity contribution in [3.8, 4) is 0 Å². The molecule has 0 spiro atoms. The number of ether oxygens (including phenoxy) is 2. The fourth-order valence-corrected chi connectivity index (χ4v) is 3.27. The van der Waals surface area contributed by atoms with Crippen LogP contribution in [0.15, 0.2) is 29.2 Å². The largest absolute Gasteiger partial charge is 0.383 e. The summed E-state index contributed by atoms with van der Waals surface area (Å²) in [4.78, 5) is 14.4. The van der Waals surface area contributed by atoms with E-state index in [2.05, 4.69) is 0 Å². The smallest absolute Gasteiger partial charge is 0.255 e. The lowest BCUT2D eigenvalue weighted by atomic mass is 10.2. The summed E-state index contributed by atoms with van der Waals surface area (Å²) < 4.78 is 35.0. The lowest BCUT2D eigenvalue weighted by Crippen LogP contribution is -2.37. The Hall–Kier alpha value is -1.44. The van der Waals surface area contributed by atoms with E-state index in [4.69, 9.17) is 9.47 Å². The van der Waals surface area contributed by atoms with E-state index in [0.717, 1.165) is 0 Å². The van der Waals surface area contributed by atoms with Gasteiger partial charge in [-0.15, -0.1) is 0 Å². The molecule has 0 aliphatic heterocycles. The minimum Gasteiger partial charge on any atom is -0.383 e. The molecule has 1 aromatic carbocycles. The molecule has 0 saturated carbocycles. The van der Waals surface area contributed by atoms with E-state index in [9.17, 15) is 13.2 Å². The van der Waals surface area contributed by atoms with Crippen LogP contribution in [0.5, 0.6) is 0 Å². The van der Waals surface area contributed by atoms with Crippen LogP contribution >= 0.6 is 0 Å². The Morgan fingerprint density at radius 3 is 2.09 bits per heavy atom. The summed E-state index contributed by atoms with van der Waals surface area (Å²) in [5, 5.41) is -0.595. The van der Waals surface area contributed by atoms with E-state index < -0.39 is 15.1 Å². The predicted octanol–water partition coefficient (Wildman–Crippen LogP) is 1.60. The molecule has 1 aromatic rings. The number of carbonyl (C=O) groups excluding carboxylic acids is 1. The highest BCUT2D eigenvalue weighted by Gasteiger charge is 2.27. The van der Waals surface area contributed by atoms with E-state index >= 15 is 0 Å². The van der Waals surface area contributed by atoms with Gasteiger partial charge in [-0.05, 0) is 26.0 Å². The Balaban J connectivity index is 3.19. The van der Waals surface area contributed by atoms with E-state index in [1.165, 1.54) is 6.07 Å². The fraction of sp³-hybridized carbons (Fsp3) is 0.562. The Morgan fingerprint density at radius 1 is 1.09 bits per heavy atom. The quantitative estimate of drug-likeness (QED) is 0.681. The first kappa shape index (κ1) is 19.6. The lowest BCUT2D eigenvalue weighted by Gasteiger charge is -2.23. The van der Waals surface area contributed by atoms with Crippen LogP contribution in [-0.2, 0) is 19.3 Å². The topological polar surface area (TPSA) is 72.9 Å². The van der Waals surface area contributed by atoms with Crippen molar-refractivity contribution in [2.45, 2.75) is 24.0 Å². The van der Waals surface area contributed by atoms with Crippen LogP contribution < -0.4 is 0 Å². The number of sulfone groups is 1. The normalized spacial score (nSPS) is 11.7. The number of amides is 1. The molecule has 130 valence electrons. The van der Waals surface area contributed by atoms with Crippen LogP contribution in [0.2, 0.25) is 0 Å². The number of carbonyl (C=O) groups is 1. The van der Waals surface area contributed by atoms with Gasteiger partial charge < -0.3 is 14.4 Å². The van der Waals surface area contributed by atoms with Crippen molar-refractivity contribution in [2.24, 2.45) is 0 Å². The van der Waals surface area contributed by atoms with Gasteiger partial charge in [-0.1, -0.05) is 12.1 Å². The number of methoxy groups -OCH3 is 2. The second-order valence-electron chi connectivity index (χ2n) is 5.37. The molecule has 0 aromatic heterocycles. The van der Waals surface area contributed by atoms with Crippen LogP contribution in [0.4, 0.5) is 0 Å². The fourth-order valence-electron chi connectivity index (χ4n) is 2.03. The average molecular weight is 343 g/mol. The summed E-state index contributed by atoms with van der Waals surface area (Å²) in [5.74, 6) is -0.334. The average Bonchev–Trinajstić information content (AvgIpc) is 2.54. The molecule has 6 nitrogen and oxygen atoms in total. The van der Waals surface area contributed by atoms with Crippen LogP contribution in [0, 0.1) is 0 Å². The molecular formula is C16H25NO5S. The molecule has 0 saturated heterocycles. The Morgan fingerprint density at radius 2 is 1.61 bits per heavy atom. The minimum absolute atomic E-state index is 0.0693. The third kappa shape index (κ3) is 5.02.